The summed E-state index contributed by atoms with van der Waals surface area (Å²) in [6.45, 7) is 0. The molecule has 0 fully saturated rings. The SMILES string of the molecule is c1ccc2c(c1)cc(-c1ccc(-c3ccc4c5ccc6cccnc6c5c5nc6ccccc6n5c4c3)cc1)c1ccccc12. The van der Waals surface area contributed by atoms with Gasteiger partial charge in [0, 0.05) is 17.0 Å². The molecule has 3 heterocycles. The molecule has 45 heavy (non-hydrogen) atoms. The first-order chi connectivity index (χ1) is 22.3. The van der Waals surface area contributed by atoms with Crippen LogP contribution in [0, 0.1) is 0 Å². The van der Waals surface area contributed by atoms with E-state index in [0.717, 1.165) is 38.5 Å². The Morgan fingerprint density at radius 1 is 0.444 bits per heavy atom. The van der Waals surface area contributed by atoms with Crippen molar-refractivity contribution in [2.75, 3.05) is 0 Å². The van der Waals surface area contributed by atoms with Gasteiger partial charge in [-0.15, -0.1) is 0 Å². The van der Waals surface area contributed by atoms with Crippen molar-refractivity contribution in [3.05, 3.63) is 152 Å². The average molecular weight is 572 g/mol. The van der Waals surface area contributed by atoms with Gasteiger partial charge in [0.2, 0.25) is 0 Å². The number of benzene rings is 7. The van der Waals surface area contributed by atoms with Gasteiger partial charge in [-0.3, -0.25) is 9.38 Å². The molecule has 0 atom stereocenters. The monoisotopic (exact) mass is 571 g/mol. The summed E-state index contributed by atoms with van der Waals surface area (Å²) in [5.41, 5.74) is 9.99. The van der Waals surface area contributed by atoms with Crippen molar-refractivity contribution in [2.45, 2.75) is 0 Å². The molecule has 3 heteroatoms. The average Bonchev–Trinajstić information content (AvgIpc) is 3.51. The van der Waals surface area contributed by atoms with Gasteiger partial charge in [0.15, 0.2) is 0 Å². The molecule has 0 spiro atoms. The summed E-state index contributed by atoms with van der Waals surface area (Å²) in [4.78, 5) is 9.98. The lowest BCUT2D eigenvalue weighted by molar-refractivity contribution is 1.31. The van der Waals surface area contributed by atoms with Crippen LogP contribution in [0.25, 0.3) is 93.1 Å². The van der Waals surface area contributed by atoms with Crippen LogP contribution < -0.4 is 0 Å². The van der Waals surface area contributed by atoms with E-state index >= 15 is 0 Å². The fraction of sp³-hybridized carbons (Fsp3) is 0. The Morgan fingerprint density at radius 3 is 2.07 bits per heavy atom. The van der Waals surface area contributed by atoms with Crippen molar-refractivity contribution in [3.8, 4) is 22.3 Å². The lowest BCUT2D eigenvalue weighted by atomic mass is 9.92. The summed E-state index contributed by atoms with van der Waals surface area (Å²) < 4.78 is 2.32. The van der Waals surface area contributed by atoms with Crippen LogP contribution in [0.5, 0.6) is 0 Å². The normalized spacial score (nSPS) is 12.0. The number of hydrogen-bond donors (Lipinski definition) is 0. The highest BCUT2D eigenvalue weighted by molar-refractivity contribution is 6.22. The third-order valence-corrected chi connectivity index (χ3v) is 9.39. The zero-order valence-corrected chi connectivity index (χ0v) is 24.3. The predicted molar refractivity (Wildman–Crippen MR) is 189 cm³/mol. The second kappa shape index (κ2) is 9.22. The highest BCUT2D eigenvalue weighted by atomic mass is 15.0. The number of nitrogens with zero attached hydrogens (tertiary/aromatic N) is 3. The predicted octanol–water partition coefficient (Wildman–Crippen LogP) is 11.0. The van der Waals surface area contributed by atoms with Crippen molar-refractivity contribution in [2.24, 2.45) is 0 Å². The van der Waals surface area contributed by atoms with Crippen LogP contribution in [0.4, 0.5) is 0 Å². The van der Waals surface area contributed by atoms with E-state index in [1.54, 1.807) is 0 Å². The van der Waals surface area contributed by atoms with Crippen molar-refractivity contribution in [1.82, 2.24) is 14.4 Å². The Labute approximate surface area is 258 Å². The van der Waals surface area contributed by atoms with E-state index in [4.69, 9.17) is 9.97 Å². The molecule has 0 amide bonds. The summed E-state index contributed by atoms with van der Waals surface area (Å²) in [6, 6.07) is 52.5. The number of pyridine rings is 2. The van der Waals surface area contributed by atoms with E-state index in [0.29, 0.717) is 0 Å². The quantitative estimate of drug-likeness (QED) is 0.193. The largest absolute Gasteiger partial charge is 0.292 e. The number of hydrogen-bond acceptors (Lipinski definition) is 2. The van der Waals surface area contributed by atoms with Gasteiger partial charge in [-0.1, -0.05) is 115 Å². The van der Waals surface area contributed by atoms with E-state index in [1.165, 1.54) is 54.6 Å². The third kappa shape index (κ3) is 3.52. The van der Waals surface area contributed by atoms with Crippen LogP contribution in [-0.2, 0) is 0 Å². The first-order valence-electron chi connectivity index (χ1n) is 15.3. The fourth-order valence-electron chi connectivity index (χ4n) is 7.29. The van der Waals surface area contributed by atoms with Gasteiger partial charge in [0.05, 0.1) is 27.5 Å². The molecule has 0 aliphatic heterocycles. The highest BCUT2D eigenvalue weighted by Crippen LogP contribution is 2.39. The Morgan fingerprint density at radius 2 is 1.16 bits per heavy atom. The van der Waals surface area contributed by atoms with Gasteiger partial charge in [-0.2, -0.15) is 0 Å². The standard InChI is InChI=1S/C42H25N3/c1-2-10-31-30(8-1)24-36(33-12-4-3-11-32(31)33)27-17-15-26(16-18-27)29-20-21-34-35-22-19-28-9-7-23-43-41(28)40(35)42-44-37-13-5-6-14-38(37)45(42)39(34)25-29/h1-25H. The first kappa shape index (κ1) is 24.4. The smallest absolute Gasteiger partial charge is 0.148 e. The van der Waals surface area contributed by atoms with Crippen LogP contribution in [0.2, 0.25) is 0 Å². The molecule has 0 saturated heterocycles. The molecule has 0 aliphatic carbocycles. The van der Waals surface area contributed by atoms with E-state index < -0.39 is 0 Å². The molecule has 0 aliphatic rings. The maximum atomic E-state index is 5.16. The minimum absolute atomic E-state index is 0.943. The minimum Gasteiger partial charge on any atom is -0.292 e. The molecule has 0 saturated carbocycles. The van der Waals surface area contributed by atoms with Crippen molar-refractivity contribution >= 4 is 70.8 Å². The van der Waals surface area contributed by atoms with E-state index in [9.17, 15) is 0 Å². The first-order valence-corrected chi connectivity index (χ1v) is 15.3. The summed E-state index contributed by atoms with van der Waals surface area (Å²) in [7, 11) is 0. The van der Waals surface area contributed by atoms with Crippen LogP contribution in [0.3, 0.4) is 0 Å². The molecular formula is C42H25N3. The zero-order valence-electron chi connectivity index (χ0n) is 24.3. The second-order valence-corrected chi connectivity index (χ2v) is 11.8. The number of imidazole rings is 1. The molecule has 10 aromatic rings. The van der Waals surface area contributed by atoms with Gasteiger partial charge in [-0.05, 0) is 79.5 Å². The molecule has 7 aromatic carbocycles. The molecule has 0 bridgehead atoms. The van der Waals surface area contributed by atoms with Gasteiger partial charge < -0.3 is 0 Å². The molecule has 3 aromatic heterocycles. The maximum absolute atomic E-state index is 5.16. The lowest BCUT2D eigenvalue weighted by Gasteiger charge is -2.13. The van der Waals surface area contributed by atoms with E-state index in [1.807, 2.05) is 12.3 Å². The van der Waals surface area contributed by atoms with Crippen LogP contribution in [-0.4, -0.2) is 14.4 Å². The Balaban J connectivity index is 1.19. The van der Waals surface area contributed by atoms with Crippen LogP contribution >= 0.6 is 0 Å². The van der Waals surface area contributed by atoms with Crippen molar-refractivity contribution in [1.29, 1.82) is 0 Å². The Bertz CT molecular complexity index is 2810. The van der Waals surface area contributed by atoms with Crippen molar-refractivity contribution in [3.63, 3.8) is 0 Å². The summed E-state index contributed by atoms with van der Waals surface area (Å²) in [5, 5.41) is 9.69. The second-order valence-electron chi connectivity index (χ2n) is 11.8. The molecule has 3 nitrogen and oxygen atoms in total. The minimum atomic E-state index is 0.943. The topological polar surface area (TPSA) is 30.2 Å². The lowest BCUT2D eigenvalue weighted by Crippen LogP contribution is -1.94. The number of aromatic nitrogens is 3. The Kier molecular flexibility index (Phi) is 5.00. The maximum Gasteiger partial charge on any atom is 0.148 e. The third-order valence-electron chi connectivity index (χ3n) is 9.39. The van der Waals surface area contributed by atoms with Crippen molar-refractivity contribution < 1.29 is 0 Å². The highest BCUT2D eigenvalue weighted by Gasteiger charge is 2.17. The van der Waals surface area contributed by atoms with Crippen LogP contribution in [0.1, 0.15) is 0 Å². The van der Waals surface area contributed by atoms with E-state index in [2.05, 4.69) is 144 Å². The van der Waals surface area contributed by atoms with Crippen LogP contribution in [0.15, 0.2) is 152 Å². The number of fused-ring (bicyclic) bond motifs is 13. The van der Waals surface area contributed by atoms with Gasteiger partial charge in [0.25, 0.3) is 0 Å². The molecule has 0 radical (unpaired) electrons. The van der Waals surface area contributed by atoms with E-state index in [-0.39, 0.29) is 0 Å². The molecule has 208 valence electrons. The van der Waals surface area contributed by atoms with Gasteiger partial charge in [0.1, 0.15) is 5.65 Å². The zero-order chi connectivity index (χ0) is 29.5. The molecule has 10 rings (SSSR count). The Hall–Kier alpha value is -6.06. The summed E-state index contributed by atoms with van der Waals surface area (Å²) in [5.74, 6) is 0. The van der Waals surface area contributed by atoms with Gasteiger partial charge in [-0.25, -0.2) is 4.98 Å². The summed E-state index contributed by atoms with van der Waals surface area (Å²) in [6.07, 6.45) is 1.87. The molecular weight excluding hydrogens is 546 g/mol. The molecule has 0 unspecified atom stereocenters. The summed E-state index contributed by atoms with van der Waals surface area (Å²) >= 11 is 0. The number of rotatable bonds is 2. The van der Waals surface area contributed by atoms with Gasteiger partial charge >= 0.3 is 0 Å². The number of para-hydroxylation sites is 2. The molecule has 0 N–H and O–H groups in total. The fourth-order valence-corrected chi connectivity index (χ4v) is 7.29.